The van der Waals surface area contributed by atoms with E-state index in [0.29, 0.717) is 23.5 Å². The van der Waals surface area contributed by atoms with Crippen LogP contribution in [-0.4, -0.2) is 52.4 Å². The summed E-state index contributed by atoms with van der Waals surface area (Å²) in [5.41, 5.74) is 1.67. The number of carbonyl (C=O) groups is 1. The molecule has 10 heteroatoms. The minimum absolute atomic E-state index is 0.111. The Labute approximate surface area is 159 Å². The summed E-state index contributed by atoms with van der Waals surface area (Å²) in [6, 6.07) is 7.25. The van der Waals surface area contributed by atoms with Crippen molar-refractivity contribution in [3.8, 4) is 17.6 Å². The van der Waals surface area contributed by atoms with E-state index in [1.54, 1.807) is 0 Å². The van der Waals surface area contributed by atoms with Crippen LogP contribution in [0.3, 0.4) is 0 Å². The van der Waals surface area contributed by atoms with Gasteiger partial charge in [0.1, 0.15) is 11.6 Å². The summed E-state index contributed by atoms with van der Waals surface area (Å²) >= 11 is 1.29. The summed E-state index contributed by atoms with van der Waals surface area (Å²) in [7, 11) is 2.91. The Balaban J connectivity index is 1.63. The number of aromatic amines is 1. The number of hydrogen-bond donors (Lipinski definition) is 2. The average molecular weight is 389 g/mol. The molecule has 0 aliphatic carbocycles. The summed E-state index contributed by atoms with van der Waals surface area (Å²) in [6.07, 6.45) is 0. The average Bonchev–Trinajstić information content (AvgIpc) is 3.08. The highest BCUT2D eigenvalue weighted by atomic mass is 32.2. The lowest BCUT2D eigenvalue weighted by molar-refractivity contribution is -0.113. The smallest absolute Gasteiger partial charge is 0.321 e. The Hall–Kier alpha value is -3.01. The number of amides is 1. The molecule has 0 saturated heterocycles. The third kappa shape index (κ3) is 4.79. The topological polar surface area (TPSA) is 111 Å². The molecule has 142 valence electrons. The van der Waals surface area contributed by atoms with Crippen LogP contribution in [0.4, 0.5) is 5.82 Å². The van der Waals surface area contributed by atoms with Gasteiger partial charge >= 0.3 is 6.01 Å². The number of nitrogens with zero attached hydrogens (tertiary/aromatic N) is 3. The largest absolute Gasteiger partial charge is 0.494 e. The van der Waals surface area contributed by atoms with Gasteiger partial charge in [0.25, 0.3) is 0 Å². The van der Waals surface area contributed by atoms with Crippen molar-refractivity contribution in [1.29, 1.82) is 0 Å². The SMILES string of the molecule is CCOc1ccc2nc(SCC(=O)Nc3cc(OC)nc(OC)n3)[nH]c2c1. The first kappa shape index (κ1) is 18.8. The van der Waals surface area contributed by atoms with Crippen LogP contribution < -0.4 is 19.5 Å². The first-order valence-corrected chi connectivity index (χ1v) is 9.12. The zero-order chi connectivity index (χ0) is 19.2. The lowest BCUT2D eigenvalue weighted by Crippen LogP contribution is -2.15. The van der Waals surface area contributed by atoms with Crippen LogP contribution in [0, 0.1) is 0 Å². The number of hydrogen-bond acceptors (Lipinski definition) is 8. The molecule has 0 aliphatic rings. The Bertz CT molecular complexity index is 924. The van der Waals surface area contributed by atoms with E-state index in [1.807, 2.05) is 25.1 Å². The van der Waals surface area contributed by atoms with Crippen molar-refractivity contribution < 1.29 is 19.0 Å². The number of H-pyrrole nitrogens is 1. The number of nitrogens with one attached hydrogen (secondary N) is 2. The fourth-order valence-electron chi connectivity index (χ4n) is 2.27. The number of imidazole rings is 1. The third-order valence-corrected chi connectivity index (χ3v) is 4.30. The van der Waals surface area contributed by atoms with Crippen LogP contribution in [0.2, 0.25) is 0 Å². The van der Waals surface area contributed by atoms with Gasteiger partial charge in [-0.1, -0.05) is 11.8 Å². The highest BCUT2D eigenvalue weighted by Crippen LogP contribution is 2.24. The van der Waals surface area contributed by atoms with Gasteiger partial charge < -0.3 is 24.5 Å². The molecular weight excluding hydrogens is 370 g/mol. The molecule has 0 atom stereocenters. The number of thioether (sulfide) groups is 1. The first-order chi connectivity index (χ1) is 13.1. The van der Waals surface area contributed by atoms with Crippen LogP contribution in [0.15, 0.2) is 29.4 Å². The van der Waals surface area contributed by atoms with Crippen molar-refractivity contribution in [2.75, 3.05) is 31.9 Å². The predicted molar refractivity (Wildman–Crippen MR) is 102 cm³/mol. The molecule has 1 amide bonds. The normalized spacial score (nSPS) is 10.6. The minimum Gasteiger partial charge on any atom is -0.494 e. The van der Waals surface area contributed by atoms with Gasteiger partial charge in [0, 0.05) is 12.1 Å². The molecule has 3 aromatic rings. The Kier molecular flexibility index (Phi) is 5.97. The van der Waals surface area contributed by atoms with Crippen molar-refractivity contribution in [2.45, 2.75) is 12.1 Å². The van der Waals surface area contributed by atoms with Crippen LogP contribution in [-0.2, 0) is 4.79 Å². The summed E-state index contributed by atoms with van der Waals surface area (Å²) in [4.78, 5) is 27.9. The summed E-state index contributed by atoms with van der Waals surface area (Å²) in [5, 5.41) is 3.33. The quantitative estimate of drug-likeness (QED) is 0.565. The number of fused-ring (bicyclic) bond motifs is 1. The van der Waals surface area contributed by atoms with Crippen LogP contribution in [0.5, 0.6) is 17.6 Å². The maximum absolute atomic E-state index is 12.2. The molecule has 9 nitrogen and oxygen atoms in total. The fourth-order valence-corrected chi connectivity index (χ4v) is 2.95. The number of methoxy groups -OCH3 is 2. The van der Waals surface area contributed by atoms with E-state index in [9.17, 15) is 4.79 Å². The second kappa shape index (κ2) is 8.58. The standard InChI is InChI=1S/C17H19N5O4S/c1-4-26-10-5-6-11-12(7-10)19-17(18-11)27-9-14(23)20-13-8-15(24-2)22-16(21-13)25-3/h5-8H,4,9H2,1-3H3,(H,18,19)(H,20,21,22,23). The first-order valence-electron chi connectivity index (χ1n) is 8.13. The second-order valence-corrected chi connectivity index (χ2v) is 6.24. The van der Waals surface area contributed by atoms with Crippen LogP contribution in [0.25, 0.3) is 11.0 Å². The van der Waals surface area contributed by atoms with Gasteiger partial charge in [0.05, 0.1) is 37.6 Å². The van der Waals surface area contributed by atoms with Crippen LogP contribution in [0.1, 0.15) is 6.92 Å². The van der Waals surface area contributed by atoms with Gasteiger partial charge in [-0.2, -0.15) is 9.97 Å². The number of ether oxygens (including phenoxy) is 3. The third-order valence-electron chi connectivity index (χ3n) is 3.42. The lowest BCUT2D eigenvalue weighted by atomic mass is 10.3. The van der Waals surface area contributed by atoms with Gasteiger partial charge in [0.15, 0.2) is 5.16 Å². The van der Waals surface area contributed by atoms with E-state index in [0.717, 1.165) is 16.8 Å². The Morgan fingerprint density at radius 1 is 1.19 bits per heavy atom. The molecule has 0 fully saturated rings. The van der Waals surface area contributed by atoms with E-state index in [4.69, 9.17) is 14.2 Å². The molecule has 2 heterocycles. The lowest BCUT2D eigenvalue weighted by Gasteiger charge is -2.07. The number of aromatic nitrogens is 4. The Morgan fingerprint density at radius 3 is 2.78 bits per heavy atom. The molecule has 2 aromatic heterocycles. The van der Waals surface area contributed by atoms with Crippen molar-refractivity contribution in [3.63, 3.8) is 0 Å². The molecule has 0 spiro atoms. The Morgan fingerprint density at radius 2 is 2.04 bits per heavy atom. The number of rotatable bonds is 8. The van der Waals surface area contributed by atoms with Gasteiger partial charge in [-0.15, -0.1) is 0 Å². The van der Waals surface area contributed by atoms with Gasteiger partial charge in [-0.25, -0.2) is 4.98 Å². The van der Waals surface area contributed by atoms with Crippen molar-refractivity contribution >= 4 is 34.5 Å². The summed E-state index contributed by atoms with van der Waals surface area (Å²) < 4.78 is 15.5. The van der Waals surface area contributed by atoms with E-state index in [2.05, 4.69) is 25.3 Å². The molecule has 2 N–H and O–H groups in total. The molecule has 0 radical (unpaired) electrons. The monoisotopic (exact) mass is 389 g/mol. The zero-order valence-corrected chi connectivity index (χ0v) is 15.9. The molecular formula is C17H19N5O4S. The summed E-state index contributed by atoms with van der Waals surface area (Å²) in [5.74, 6) is 1.29. The maximum atomic E-state index is 12.2. The molecule has 0 unspecified atom stereocenters. The van der Waals surface area contributed by atoms with Crippen molar-refractivity contribution in [2.24, 2.45) is 0 Å². The van der Waals surface area contributed by atoms with E-state index >= 15 is 0 Å². The molecule has 0 saturated carbocycles. The van der Waals surface area contributed by atoms with Crippen molar-refractivity contribution in [1.82, 2.24) is 19.9 Å². The van der Waals surface area contributed by atoms with Gasteiger partial charge in [-0.05, 0) is 19.1 Å². The zero-order valence-electron chi connectivity index (χ0n) is 15.1. The molecule has 0 bridgehead atoms. The molecule has 3 rings (SSSR count). The summed E-state index contributed by atoms with van der Waals surface area (Å²) in [6.45, 7) is 2.53. The van der Waals surface area contributed by atoms with E-state index in [-0.39, 0.29) is 17.7 Å². The molecule has 1 aromatic carbocycles. The highest BCUT2D eigenvalue weighted by Gasteiger charge is 2.11. The maximum Gasteiger partial charge on any atom is 0.321 e. The van der Waals surface area contributed by atoms with Crippen LogP contribution >= 0.6 is 11.8 Å². The molecule has 27 heavy (non-hydrogen) atoms. The van der Waals surface area contributed by atoms with Gasteiger partial charge in [-0.3, -0.25) is 4.79 Å². The number of benzene rings is 1. The van der Waals surface area contributed by atoms with Gasteiger partial charge in [0.2, 0.25) is 11.8 Å². The number of carbonyl (C=O) groups excluding carboxylic acids is 1. The van der Waals surface area contributed by atoms with E-state index in [1.165, 1.54) is 32.0 Å². The minimum atomic E-state index is -0.238. The van der Waals surface area contributed by atoms with Crippen molar-refractivity contribution in [3.05, 3.63) is 24.3 Å². The highest BCUT2D eigenvalue weighted by molar-refractivity contribution is 7.99. The second-order valence-electron chi connectivity index (χ2n) is 5.27. The fraction of sp³-hybridized carbons (Fsp3) is 0.294. The number of anilines is 1. The molecule has 0 aliphatic heterocycles. The predicted octanol–water partition coefficient (Wildman–Crippen LogP) is 2.50. The van der Waals surface area contributed by atoms with E-state index < -0.39 is 0 Å².